The van der Waals surface area contributed by atoms with Crippen molar-refractivity contribution in [2.75, 3.05) is 26.4 Å². The summed E-state index contributed by atoms with van der Waals surface area (Å²) in [5.41, 5.74) is 0. The second-order valence-corrected chi connectivity index (χ2v) is 19.1. The van der Waals surface area contributed by atoms with Crippen molar-refractivity contribution in [3.63, 3.8) is 0 Å². The van der Waals surface area contributed by atoms with Gasteiger partial charge in [-0.2, -0.15) is 0 Å². The lowest BCUT2D eigenvalue weighted by atomic mass is 9.98. The molecule has 2 heterocycles. The van der Waals surface area contributed by atoms with E-state index < -0.39 is 92.7 Å². The molecule has 69 heavy (non-hydrogen) atoms. The minimum atomic E-state index is -1.77. The number of hydrogen-bond acceptors (Lipinski definition) is 15. The van der Waals surface area contributed by atoms with Crippen LogP contribution in [0.25, 0.3) is 0 Å². The molecule has 2 aliphatic heterocycles. The summed E-state index contributed by atoms with van der Waals surface area (Å²) in [5.74, 6) is -0.942. The summed E-state index contributed by atoms with van der Waals surface area (Å²) < 4.78 is 33.6. The number of carbonyl (C=O) groups is 2. The zero-order chi connectivity index (χ0) is 50.3. The molecule has 2 rings (SSSR count). The molecule has 0 aromatic rings. The SMILES string of the molecule is CC/C=C/C=C/C=C/CCCCCCCC(=O)OC(COC(=O)CCCCCCCCCCCCCCCCCCCCCC)CO[C@@H]1O[C@H](CO[C@@H]2O[C@H](CO)[C@H](O)C(O)C2O)[C@H](O)C(O)C1O. The molecule has 15 nitrogen and oxygen atoms in total. The van der Waals surface area contributed by atoms with Crippen LogP contribution in [-0.4, -0.2) is 142 Å². The highest BCUT2D eigenvalue weighted by atomic mass is 16.7. The van der Waals surface area contributed by atoms with Crippen molar-refractivity contribution in [2.45, 2.75) is 268 Å². The number of allylic oxidation sites excluding steroid dienone is 6. The van der Waals surface area contributed by atoms with E-state index in [-0.39, 0.29) is 26.1 Å². The molecule has 0 radical (unpaired) electrons. The molecule has 2 saturated heterocycles. The van der Waals surface area contributed by atoms with E-state index in [0.29, 0.717) is 12.8 Å². The molecular weight excluding hydrogens is 889 g/mol. The molecule has 2 aliphatic rings. The summed E-state index contributed by atoms with van der Waals surface area (Å²) in [5, 5.41) is 72.1. The summed E-state index contributed by atoms with van der Waals surface area (Å²) in [6.45, 7) is 2.45. The highest BCUT2D eigenvalue weighted by Gasteiger charge is 2.47. The third-order valence-electron chi connectivity index (χ3n) is 12.9. The van der Waals surface area contributed by atoms with Crippen LogP contribution in [-0.2, 0) is 38.0 Å². The van der Waals surface area contributed by atoms with Crippen LogP contribution in [0.1, 0.15) is 200 Å². The van der Waals surface area contributed by atoms with Crippen molar-refractivity contribution in [3.8, 4) is 0 Å². The number of aliphatic hydroxyl groups is 7. The predicted molar refractivity (Wildman–Crippen MR) is 266 cm³/mol. The molecule has 7 N–H and O–H groups in total. The molecular formula is C54H96O15. The Hall–Kier alpha value is -2.28. The third kappa shape index (κ3) is 29.1. The number of unbranched alkanes of at least 4 members (excludes halogenated alkanes) is 24. The highest BCUT2D eigenvalue weighted by molar-refractivity contribution is 5.70. The molecule has 0 aliphatic carbocycles. The first-order valence-electron chi connectivity index (χ1n) is 27.1. The highest BCUT2D eigenvalue weighted by Crippen LogP contribution is 2.27. The Morgan fingerprint density at radius 1 is 0.478 bits per heavy atom. The lowest BCUT2D eigenvalue weighted by Gasteiger charge is -2.42. The zero-order valence-corrected chi connectivity index (χ0v) is 42.5. The van der Waals surface area contributed by atoms with Crippen molar-refractivity contribution < 1.29 is 73.8 Å². The van der Waals surface area contributed by atoms with Crippen molar-refractivity contribution in [1.29, 1.82) is 0 Å². The monoisotopic (exact) mass is 985 g/mol. The van der Waals surface area contributed by atoms with Crippen molar-refractivity contribution in [1.82, 2.24) is 0 Å². The van der Waals surface area contributed by atoms with E-state index in [1.807, 2.05) is 24.3 Å². The van der Waals surface area contributed by atoms with Gasteiger partial charge in [0.15, 0.2) is 18.7 Å². The lowest BCUT2D eigenvalue weighted by Crippen LogP contribution is -2.61. The standard InChI is InChI=1S/C54H96O15/c1-3-5-7-9-11-13-15-17-18-19-20-21-22-23-25-26-28-30-32-34-36-45(56)64-39-42(67-46(57)37-35-33-31-29-27-24-16-14-12-10-8-6-4-2)40-65-53-52(63)50(61)48(59)44(69-53)41-66-54-51(62)49(60)47(58)43(38-55)68-54/h6,8,10,12,14,16,42-44,47-55,58-63H,3-5,7,9,11,13,15,17-41H2,1-2H3/b8-6+,12-10+,16-14+/t42?,43-,44-,47+,48+,49?,50?,51?,52?,53-,54-/m1/s1. The van der Waals surface area contributed by atoms with Gasteiger partial charge in [0, 0.05) is 12.8 Å². The summed E-state index contributed by atoms with van der Waals surface area (Å²) in [6, 6.07) is 0. The van der Waals surface area contributed by atoms with Gasteiger partial charge in [0.25, 0.3) is 0 Å². The Balaban J connectivity index is 1.76. The van der Waals surface area contributed by atoms with Crippen LogP contribution in [0.2, 0.25) is 0 Å². The summed E-state index contributed by atoms with van der Waals surface area (Å²) >= 11 is 0. The average molecular weight is 985 g/mol. The smallest absolute Gasteiger partial charge is 0.306 e. The van der Waals surface area contributed by atoms with Crippen LogP contribution in [0.5, 0.6) is 0 Å². The second-order valence-electron chi connectivity index (χ2n) is 19.1. The van der Waals surface area contributed by atoms with Crippen LogP contribution in [0.4, 0.5) is 0 Å². The first-order valence-corrected chi connectivity index (χ1v) is 27.1. The van der Waals surface area contributed by atoms with E-state index in [0.717, 1.165) is 57.8 Å². The summed E-state index contributed by atoms with van der Waals surface area (Å²) in [4.78, 5) is 25.8. The van der Waals surface area contributed by atoms with Crippen LogP contribution in [0.15, 0.2) is 36.5 Å². The van der Waals surface area contributed by atoms with E-state index in [1.54, 1.807) is 0 Å². The van der Waals surface area contributed by atoms with E-state index in [9.17, 15) is 45.3 Å². The van der Waals surface area contributed by atoms with E-state index in [1.165, 1.54) is 103 Å². The molecule has 402 valence electrons. The number of aliphatic hydroxyl groups excluding tert-OH is 7. The fourth-order valence-corrected chi connectivity index (χ4v) is 8.51. The Morgan fingerprint density at radius 3 is 1.42 bits per heavy atom. The van der Waals surface area contributed by atoms with E-state index in [4.69, 9.17) is 28.4 Å². The molecule has 0 aromatic heterocycles. The van der Waals surface area contributed by atoms with Crippen LogP contribution in [0, 0.1) is 0 Å². The predicted octanol–water partition coefficient (Wildman–Crippen LogP) is 8.10. The van der Waals surface area contributed by atoms with Gasteiger partial charge >= 0.3 is 11.9 Å². The molecule has 15 heteroatoms. The van der Waals surface area contributed by atoms with E-state index in [2.05, 4.69) is 26.0 Å². The fourth-order valence-electron chi connectivity index (χ4n) is 8.51. The number of esters is 2. The van der Waals surface area contributed by atoms with Crippen LogP contribution in [0.3, 0.4) is 0 Å². The summed E-state index contributed by atoms with van der Waals surface area (Å²) in [7, 11) is 0. The Bertz CT molecular complexity index is 1340. The van der Waals surface area contributed by atoms with Gasteiger partial charge < -0.3 is 64.2 Å². The quantitative estimate of drug-likeness (QED) is 0.0174. The molecule has 0 saturated carbocycles. The molecule has 11 atom stereocenters. The van der Waals surface area contributed by atoms with Gasteiger partial charge in [-0.1, -0.05) is 192 Å². The minimum absolute atomic E-state index is 0.143. The molecule has 0 amide bonds. The zero-order valence-electron chi connectivity index (χ0n) is 42.5. The largest absolute Gasteiger partial charge is 0.462 e. The fraction of sp³-hybridized carbons (Fsp3) is 0.852. The third-order valence-corrected chi connectivity index (χ3v) is 12.9. The van der Waals surface area contributed by atoms with Gasteiger partial charge in [-0.3, -0.25) is 9.59 Å². The van der Waals surface area contributed by atoms with Gasteiger partial charge in [0.2, 0.25) is 0 Å². The van der Waals surface area contributed by atoms with Crippen molar-refractivity contribution in [2.24, 2.45) is 0 Å². The van der Waals surface area contributed by atoms with Crippen molar-refractivity contribution in [3.05, 3.63) is 36.5 Å². The van der Waals surface area contributed by atoms with Gasteiger partial charge in [-0.15, -0.1) is 0 Å². The topological polar surface area (TPSA) is 231 Å². The maximum atomic E-state index is 13.0. The van der Waals surface area contributed by atoms with E-state index >= 15 is 0 Å². The van der Waals surface area contributed by atoms with Crippen LogP contribution >= 0.6 is 0 Å². The molecule has 0 bridgehead atoms. The van der Waals surface area contributed by atoms with Crippen LogP contribution < -0.4 is 0 Å². The first kappa shape index (κ1) is 62.8. The minimum Gasteiger partial charge on any atom is -0.462 e. The van der Waals surface area contributed by atoms with Gasteiger partial charge in [-0.25, -0.2) is 0 Å². The number of hydrogen-bond donors (Lipinski definition) is 7. The second kappa shape index (κ2) is 41.2. The average Bonchev–Trinajstić information content (AvgIpc) is 3.34. The molecule has 0 spiro atoms. The molecule has 2 fully saturated rings. The Labute approximate surface area is 415 Å². The Kier molecular flexibility index (Phi) is 37.5. The van der Waals surface area contributed by atoms with Gasteiger partial charge in [-0.05, 0) is 32.1 Å². The molecule has 5 unspecified atom stereocenters. The number of ether oxygens (including phenoxy) is 6. The normalized spacial score (nSPS) is 25.8. The first-order chi connectivity index (χ1) is 33.5. The van der Waals surface area contributed by atoms with Gasteiger partial charge in [0.1, 0.15) is 55.4 Å². The van der Waals surface area contributed by atoms with Crippen molar-refractivity contribution >= 4 is 11.9 Å². The maximum Gasteiger partial charge on any atom is 0.306 e. The maximum absolute atomic E-state index is 13.0. The van der Waals surface area contributed by atoms with Gasteiger partial charge in [0.05, 0.1) is 19.8 Å². The Morgan fingerprint density at radius 2 is 0.913 bits per heavy atom. The number of rotatable bonds is 42. The lowest BCUT2D eigenvalue weighted by molar-refractivity contribution is -0.332. The molecule has 0 aromatic carbocycles. The summed E-state index contributed by atoms with van der Waals surface area (Å²) in [6.07, 6.45) is 27.5. The number of carbonyl (C=O) groups excluding carboxylic acids is 2.